The van der Waals surface area contributed by atoms with E-state index >= 15 is 0 Å². The minimum absolute atomic E-state index is 0. The summed E-state index contributed by atoms with van der Waals surface area (Å²) in [4.78, 5) is 2.16. The molecule has 2 aliphatic heterocycles. The fourth-order valence-corrected chi connectivity index (χ4v) is 2.71. The monoisotopic (exact) mass is 264 g/mol. The van der Waals surface area contributed by atoms with Gasteiger partial charge in [-0.15, -0.1) is 0 Å². The SMILES string of the molecule is C.C=C(CCCC(F)(F)F)N1CC2CCC(C1)N2. The van der Waals surface area contributed by atoms with E-state index in [9.17, 15) is 13.2 Å². The number of hydrogen-bond donors (Lipinski definition) is 1. The van der Waals surface area contributed by atoms with Crippen molar-refractivity contribution in [1.29, 1.82) is 0 Å². The number of nitrogens with zero attached hydrogens (tertiary/aromatic N) is 1. The van der Waals surface area contributed by atoms with E-state index in [1.165, 1.54) is 12.8 Å². The van der Waals surface area contributed by atoms with Gasteiger partial charge in [-0.2, -0.15) is 13.2 Å². The third-order valence-corrected chi connectivity index (χ3v) is 3.59. The van der Waals surface area contributed by atoms with Gasteiger partial charge in [0.1, 0.15) is 0 Å². The number of piperazine rings is 1. The summed E-state index contributed by atoms with van der Waals surface area (Å²) in [6, 6.07) is 1.02. The Morgan fingerprint density at radius 3 is 2.28 bits per heavy atom. The molecule has 2 rings (SSSR count). The van der Waals surface area contributed by atoms with Crippen LogP contribution in [0.2, 0.25) is 0 Å². The fraction of sp³-hybridized carbons (Fsp3) is 0.846. The molecule has 2 atom stereocenters. The van der Waals surface area contributed by atoms with Crippen LogP contribution in [0.4, 0.5) is 13.2 Å². The zero-order valence-corrected chi connectivity index (χ0v) is 9.89. The van der Waals surface area contributed by atoms with E-state index in [1.54, 1.807) is 0 Å². The first-order chi connectivity index (χ1) is 7.94. The standard InChI is InChI=1S/C12H19F3N2.CH4/c1-9(3-2-6-12(13,14)15)17-7-10-4-5-11(8-17)16-10;/h10-11,16H,1-8H2;1H4. The second-order valence-corrected chi connectivity index (χ2v) is 5.08. The zero-order chi connectivity index (χ0) is 12.5. The molecule has 18 heavy (non-hydrogen) atoms. The van der Waals surface area contributed by atoms with Crippen LogP contribution in [-0.2, 0) is 0 Å². The summed E-state index contributed by atoms with van der Waals surface area (Å²) < 4.78 is 36.1. The highest BCUT2D eigenvalue weighted by Gasteiger charge is 2.32. The van der Waals surface area contributed by atoms with Crippen LogP contribution in [0.15, 0.2) is 12.3 Å². The Morgan fingerprint density at radius 1 is 1.22 bits per heavy atom. The molecule has 2 fully saturated rings. The minimum atomic E-state index is -4.04. The molecule has 2 saturated heterocycles. The molecule has 1 N–H and O–H groups in total. The Balaban J connectivity index is 0.00000162. The van der Waals surface area contributed by atoms with Crippen molar-refractivity contribution in [1.82, 2.24) is 10.2 Å². The first-order valence-corrected chi connectivity index (χ1v) is 6.19. The van der Waals surface area contributed by atoms with Crippen molar-refractivity contribution in [3.63, 3.8) is 0 Å². The lowest BCUT2D eigenvalue weighted by atomic mass is 10.1. The molecule has 2 heterocycles. The van der Waals surface area contributed by atoms with Gasteiger partial charge in [0, 0.05) is 37.3 Å². The number of allylic oxidation sites excluding steroid dienone is 1. The average molecular weight is 264 g/mol. The third-order valence-electron chi connectivity index (χ3n) is 3.59. The number of halogens is 3. The molecular formula is C13H23F3N2. The summed E-state index contributed by atoms with van der Waals surface area (Å²) in [5, 5.41) is 3.49. The van der Waals surface area contributed by atoms with E-state index in [4.69, 9.17) is 0 Å². The highest BCUT2D eigenvalue weighted by molar-refractivity contribution is 5.03. The molecule has 106 valence electrons. The van der Waals surface area contributed by atoms with Crippen molar-refractivity contribution in [3.05, 3.63) is 12.3 Å². The predicted octanol–water partition coefficient (Wildman–Crippen LogP) is 3.31. The summed E-state index contributed by atoms with van der Waals surface area (Å²) >= 11 is 0. The molecule has 0 aromatic carbocycles. The Kier molecular flexibility index (Phi) is 5.08. The van der Waals surface area contributed by atoms with Crippen molar-refractivity contribution in [2.24, 2.45) is 0 Å². The molecule has 0 aromatic rings. The van der Waals surface area contributed by atoms with Gasteiger partial charge in [-0.05, 0) is 25.7 Å². The van der Waals surface area contributed by atoms with Crippen LogP contribution in [0, 0.1) is 0 Å². The number of rotatable bonds is 4. The molecule has 2 bridgehead atoms. The van der Waals surface area contributed by atoms with Crippen LogP contribution in [0.5, 0.6) is 0 Å². The molecule has 0 aliphatic carbocycles. The molecule has 0 radical (unpaired) electrons. The number of fused-ring (bicyclic) bond motifs is 2. The third kappa shape index (κ3) is 4.19. The highest BCUT2D eigenvalue weighted by atomic mass is 19.4. The van der Waals surface area contributed by atoms with E-state index in [0.717, 1.165) is 18.8 Å². The maximum atomic E-state index is 12.0. The number of alkyl halides is 3. The van der Waals surface area contributed by atoms with E-state index in [2.05, 4.69) is 16.8 Å². The Bertz CT molecular complexity index is 276. The smallest absolute Gasteiger partial charge is 0.372 e. The van der Waals surface area contributed by atoms with Gasteiger partial charge in [0.2, 0.25) is 0 Å². The quantitative estimate of drug-likeness (QED) is 0.838. The van der Waals surface area contributed by atoms with Gasteiger partial charge in [-0.1, -0.05) is 14.0 Å². The maximum absolute atomic E-state index is 12.0. The van der Waals surface area contributed by atoms with Crippen molar-refractivity contribution >= 4 is 0 Å². The first-order valence-electron chi connectivity index (χ1n) is 6.19. The lowest BCUT2D eigenvalue weighted by Gasteiger charge is -2.35. The van der Waals surface area contributed by atoms with E-state index in [0.29, 0.717) is 18.5 Å². The number of nitrogens with one attached hydrogen (secondary N) is 1. The average Bonchev–Trinajstić information content (AvgIpc) is 2.55. The summed E-state index contributed by atoms with van der Waals surface area (Å²) in [5.41, 5.74) is 0.868. The number of hydrogen-bond acceptors (Lipinski definition) is 2. The molecule has 5 heteroatoms. The molecular weight excluding hydrogens is 241 g/mol. The minimum Gasteiger partial charge on any atom is -0.372 e. The summed E-state index contributed by atoms with van der Waals surface area (Å²) in [6.07, 6.45) is -1.78. The lowest BCUT2D eigenvalue weighted by Crippen LogP contribution is -2.50. The molecule has 2 nitrogen and oxygen atoms in total. The lowest BCUT2D eigenvalue weighted by molar-refractivity contribution is -0.135. The van der Waals surface area contributed by atoms with Crippen LogP contribution in [-0.4, -0.2) is 36.2 Å². The molecule has 2 aliphatic rings. The second kappa shape index (κ2) is 5.95. The first kappa shape index (κ1) is 15.3. The Morgan fingerprint density at radius 2 is 1.78 bits per heavy atom. The molecule has 0 amide bonds. The second-order valence-electron chi connectivity index (χ2n) is 5.08. The largest absolute Gasteiger partial charge is 0.389 e. The van der Waals surface area contributed by atoms with Gasteiger partial charge in [0.05, 0.1) is 0 Å². The van der Waals surface area contributed by atoms with E-state index in [-0.39, 0.29) is 13.8 Å². The molecule has 0 spiro atoms. The van der Waals surface area contributed by atoms with Gasteiger partial charge in [-0.25, -0.2) is 0 Å². The van der Waals surface area contributed by atoms with Gasteiger partial charge < -0.3 is 10.2 Å². The summed E-state index contributed by atoms with van der Waals surface area (Å²) in [5.74, 6) is 0. The van der Waals surface area contributed by atoms with Gasteiger partial charge >= 0.3 is 6.18 Å². The molecule has 2 unspecified atom stereocenters. The van der Waals surface area contributed by atoms with Crippen LogP contribution in [0.1, 0.15) is 39.5 Å². The Hall–Kier alpha value is -0.710. The van der Waals surface area contributed by atoms with Gasteiger partial charge in [0.25, 0.3) is 0 Å². The predicted molar refractivity (Wildman–Crippen MR) is 67.3 cm³/mol. The van der Waals surface area contributed by atoms with Crippen molar-refractivity contribution in [2.45, 2.75) is 57.8 Å². The topological polar surface area (TPSA) is 15.3 Å². The van der Waals surface area contributed by atoms with E-state index in [1.807, 2.05) is 0 Å². The van der Waals surface area contributed by atoms with Gasteiger partial charge in [0.15, 0.2) is 0 Å². The molecule has 0 aromatic heterocycles. The van der Waals surface area contributed by atoms with Crippen LogP contribution < -0.4 is 5.32 Å². The highest BCUT2D eigenvalue weighted by Crippen LogP contribution is 2.27. The molecule has 0 saturated carbocycles. The Labute approximate surface area is 107 Å². The normalized spacial score (nSPS) is 26.9. The fourth-order valence-electron chi connectivity index (χ4n) is 2.71. The van der Waals surface area contributed by atoms with Crippen molar-refractivity contribution in [2.75, 3.05) is 13.1 Å². The maximum Gasteiger partial charge on any atom is 0.389 e. The van der Waals surface area contributed by atoms with Crippen molar-refractivity contribution in [3.8, 4) is 0 Å². The van der Waals surface area contributed by atoms with Crippen molar-refractivity contribution < 1.29 is 13.2 Å². The number of likely N-dealkylation sites (tertiary alicyclic amines) is 1. The van der Waals surface area contributed by atoms with Crippen LogP contribution >= 0.6 is 0 Å². The van der Waals surface area contributed by atoms with E-state index < -0.39 is 12.6 Å². The zero-order valence-electron chi connectivity index (χ0n) is 9.89. The summed E-state index contributed by atoms with van der Waals surface area (Å²) in [6.45, 7) is 5.73. The van der Waals surface area contributed by atoms with Gasteiger partial charge in [-0.3, -0.25) is 0 Å². The van der Waals surface area contributed by atoms with Crippen LogP contribution in [0.25, 0.3) is 0 Å². The summed E-state index contributed by atoms with van der Waals surface area (Å²) in [7, 11) is 0. The van der Waals surface area contributed by atoms with Crippen LogP contribution in [0.3, 0.4) is 0 Å².